The average molecular weight is 598 g/mol. The molecule has 0 spiro atoms. The molecule has 0 amide bonds. The molecule has 1 fully saturated rings. The summed E-state index contributed by atoms with van der Waals surface area (Å²) in [6.45, 7) is 7.43. The van der Waals surface area contributed by atoms with Crippen molar-refractivity contribution < 1.29 is 28.9 Å². The summed E-state index contributed by atoms with van der Waals surface area (Å²) < 4.78 is 17.9. The van der Waals surface area contributed by atoms with E-state index in [0.29, 0.717) is 32.7 Å². The van der Waals surface area contributed by atoms with Crippen molar-refractivity contribution in [3.8, 4) is 5.75 Å². The van der Waals surface area contributed by atoms with E-state index < -0.39 is 17.9 Å². The zero-order valence-electron chi connectivity index (χ0n) is 25.9. The number of hydrogen-bond donors (Lipinski definition) is 1. The lowest BCUT2D eigenvalue weighted by Crippen LogP contribution is -2.45. The first kappa shape index (κ1) is 31.5. The molecule has 4 aromatic carbocycles. The Morgan fingerprint density at radius 1 is 0.932 bits per heavy atom. The molecule has 1 heterocycles. The first-order valence-electron chi connectivity index (χ1n) is 15.4. The van der Waals surface area contributed by atoms with Crippen LogP contribution < -0.4 is 4.74 Å². The van der Waals surface area contributed by atoms with Gasteiger partial charge in [0.25, 0.3) is 0 Å². The third-order valence-corrected chi connectivity index (χ3v) is 7.78. The van der Waals surface area contributed by atoms with E-state index in [4.69, 9.17) is 19.0 Å². The fourth-order valence-electron chi connectivity index (χ4n) is 5.55. The predicted molar refractivity (Wildman–Crippen MR) is 171 cm³/mol. The molecular formula is C37H43NO6. The van der Waals surface area contributed by atoms with Gasteiger partial charge in [-0.3, -0.25) is 0 Å². The molecular weight excluding hydrogens is 554 g/mol. The Kier molecular flexibility index (Phi) is 10.5. The second-order valence-corrected chi connectivity index (χ2v) is 12.4. The van der Waals surface area contributed by atoms with Crippen LogP contribution in [-0.2, 0) is 20.9 Å². The second-order valence-electron chi connectivity index (χ2n) is 12.4. The number of aliphatic hydroxyl groups excluding tert-OH is 1. The van der Waals surface area contributed by atoms with Gasteiger partial charge < -0.3 is 24.2 Å². The molecule has 5 rings (SSSR count). The molecule has 0 saturated carbocycles. The summed E-state index contributed by atoms with van der Waals surface area (Å²) in [6.07, 6.45) is 0.744. The number of piperidine rings is 1. The quantitative estimate of drug-likeness (QED) is 0.139. The fraction of sp³-hybridized carbons (Fsp3) is 0.378. The number of aliphatic hydroxyl groups is 1. The number of carbonyl (C=O) groups is 1. The fourth-order valence-corrected chi connectivity index (χ4v) is 5.55. The number of hydroxylamine groups is 2. The highest BCUT2D eigenvalue weighted by molar-refractivity contribution is 5.82. The summed E-state index contributed by atoms with van der Waals surface area (Å²) in [5.74, 6) is 0.909. The van der Waals surface area contributed by atoms with Gasteiger partial charge >= 0.3 is 6.16 Å². The van der Waals surface area contributed by atoms with Crippen LogP contribution >= 0.6 is 0 Å². The van der Waals surface area contributed by atoms with Gasteiger partial charge in [-0.2, -0.15) is 0 Å². The lowest BCUT2D eigenvalue weighted by Gasteiger charge is -2.37. The van der Waals surface area contributed by atoms with Crippen molar-refractivity contribution in [2.45, 2.75) is 70.4 Å². The Balaban J connectivity index is 1.20. The molecule has 1 aliphatic rings. The molecule has 232 valence electrons. The Hall–Kier alpha value is -3.91. The molecule has 0 aliphatic carbocycles. The van der Waals surface area contributed by atoms with Crippen LogP contribution in [0.25, 0.3) is 10.8 Å². The monoisotopic (exact) mass is 597 g/mol. The molecule has 0 aromatic heterocycles. The van der Waals surface area contributed by atoms with Gasteiger partial charge in [-0.15, -0.1) is 5.06 Å². The number of benzene rings is 4. The van der Waals surface area contributed by atoms with Crippen LogP contribution in [0.3, 0.4) is 0 Å². The van der Waals surface area contributed by atoms with Gasteiger partial charge in [-0.05, 0) is 85.7 Å². The van der Waals surface area contributed by atoms with Crippen molar-refractivity contribution >= 4 is 16.9 Å². The smallest absolute Gasteiger partial charge is 0.494 e. The first-order chi connectivity index (χ1) is 21.2. The highest BCUT2D eigenvalue weighted by atomic mass is 16.8. The third kappa shape index (κ3) is 9.05. The topological polar surface area (TPSA) is 77.5 Å². The van der Waals surface area contributed by atoms with Crippen LogP contribution in [0.1, 0.15) is 68.7 Å². The van der Waals surface area contributed by atoms with Gasteiger partial charge in [0.1, 0.15) is 11.4 Å². The van der Waals surface area contributed by atoms with Crippen molar-refractivity contribution in [1.29, 1.82) is 0 Å². The molecule has 44 heavy (non-hydrogen) atoms. The van der Waals surface area contributed by atoms with Gasteiger partial charge in [-0.1, -0.05) is 78.9 Å². The van der Waals surface area contributed by atoms with Crippen molar-refractivity contribution in [3.63, 3.8) is 0 Å². The van der Waals surface area contributed by atoms with Crippen LogP contribution in [0, 0.1) is 0 Å². The van der Waals surface area contributed by atoms with Gasteiger partial charge in [-0.25, -0.2) is 4.79 Å². The lowest BCUT2D eigenvalue weighted by atomic mass is 9.87. The molecule has 1 aliphatic heterocycles. The van der Waals surface area contributed by atoms with E-state index >= 15 is 0 Å². The molecule has 3 atom stereocenters. The molecule has 7 heteroatoms. The highest BCUT2D eigenvalue weighted by Crippen LogP contribution is 2.33. The van der Waals surface area contributed by atoms with Crippen LogP contribution in [0.4, 0.5) is 4.79 Å². The van der Waals surface area contributed by atoms with Crippen molar-refractivity contribution in [3.05, 3.63) is 114 Å². The van der Waals surface area contributed by atoms with Crippen LogP contribution in [0.5, 0.6) is 5.75 Å². The lowest BCUT2D eigenvalue weighted by molar-refractivity contribution is -0.179. The van der Waals surface area contributed by atoms with Crippen LogP contribution in [0.15, 0.2) is 97.1 Å². The Bertz CT molecular complexity index is 1480. The van der Waals surface area contributed by atoms with Gasteiger partial charge in [0.05, 0.1) is 32.0 Å². The molecule has 7 nitrogen and oxygen atoms in total. The van der Waals surface area contributed by atoms with Crippen molar-refractivity contribution in [1.82, 2.24) is 5.06 Å². The minimum atomic E-state index is -0.706. The predicted octanol–water partition coefficient (Wildman–Crippen LogP) is 7.97. The van der Waals surface area contributed by atoms with E-state index in [0.717, 1.165) is 35.3 Å². The van der Waals surface area contributed by atoms with E-state index in [1.807, 2.05) is 75.4 Å². The molecule has 0 radical (unpaired) electrons. The summed E-state index contributed by atoms with van der Waals surface area (Å²) in [5.41, 5.74) is 2.54. The van der Waals surface area contributed by atoms with E-state index in [1.165, 1.54) is 10.8 Å². The van der Waals surface area contributed by atoms with Gasteiger partial charge in [0.15, 0.2) is 0 Å². The van der Waals surface area contributed by atoms with Gasteiger partial charge in [0.2, 0.25) is 0 Å². The summed E-state index contributed by atoms with van der Waals surface area (Å²) in [6, 6.07) is 32.5. The van der Waals surface area contributed by atoms with Crippen molar-refractivity contribution in [2.24, 2.45) is 0 Å². The Morgan fingerprint density at radius 2 is 1.66 bits per heavy atom. The van der Waals surface area contributed by atoms with E-state index in [9.17, 15) is 9.90 Å². The minimum Gasteiger partial charge on any atom is -0.494 e. The second kappa shape index (κ2) is 14.7. The van der Waals surface area contributed by atoms with E-state index in [-0.39, 0.29) is 12.0 Å². The van der Waals surface area contributed by atoms with Crippen molar-refractivity contribution in [2.75, 3.05) is 19.7 Å². The normalized spacial score (nSPS) is 18.1. The molecule has 1 N–H and O–H groups in total. The molecule has 4 aromatic rings. The summed E-state index contributed by atoms with van der Waals surface area (Å²) >= 11 is 0. The molecule has 1 saturated heterocycles. The van der Waals surface area contributed by atoms with Gasteiger partial charge in [0, 0.05) is 12.5 Å². The summed E-state index contributed by atoms with van der Waals surface area (Å²) in [4.78, 5) is 18.0. The Morgan fingerprint density at radius 3 is 2.41 bits per heavy atom. The van der Waals surface area contributed by atoms with Crippen LogP contribution in [0.2, 0.25) is 0 Å². The minimum absolute atomic E-state index is 0.115. The molecule has 3 unspecified atom stereocenters. The number of ether oxygens (including phenoxy) is 3. The zero-order chi connectivity index (χ0) is 30.9. The highest BCUT2D eigenvalue weighted by Gasteiger charge is 2.34. The maximum atomic E-state index is 12.4. The standard InChI is InChI=1S/C37H43NO6/c1-37(2,3)43-36(40)44-38-22-21-33(35(25-38)42-26-27-15-16-28-10-7-8-13-31(28)24-27)29-17-19-32(20-18-29)41-23-9-14-34(39)30-11-5-4-6-12-30/h4-8,10-13,15-20,24,33-35,39H,9,14,21-23,25-26H2,1-3H3. The maximum Gasteiger partial charge on any atom is 0.528 e. The summed E-state index contributed by atoms with van der Waals surface area (Å²) in [5, 5.41) is 14.4. The first-order valence-corrected chi connectivity index (χ1v) is 15.4. The number of hydrogen-bond acceptors (Lipinski definition) is 7. The van der Waals surface area contributed by atoms with E-state index in [1.54, 1.807) is 5.06 Å². The zero-order valence-corrected chi connectivity index (χ0v) is 25.9. The number of nitrogens with zero attached hydrogens (tertiary/aromatic N) is 1. The average Bonchev–Trinajstić information content (AvgIpc) is 3.02. The third-order valence-electron chi connectivity index (χ3n) is 7.78. The largest absolute Gasteiger partial charge is 0.528 e. The Labute approximate surface area is 260 Å². The molecule has 0 bridgehead atoms. The summed E-state index contributed by atoms with van der Waals surface area (Å²) in [7, 11) is 0. The van der Waals surface area contributed by atoms with Crippen LogP contribution in [-0.4, -0.2) is 47.7 Å². The maximum absolute atomic E-state index is 12.4. The number of fused-ring (bicyclic) bond motifs is 1. The number of rotatable bonds is 11. The SMILES string of the molecule is CC(C)(C)OC(=O)ON1CCC(c2ccc(OCCCC(O)c3ccccc3)cc2)C(OCc2ccc3ccccc3c2)C1. The number of carbonyl (C=O) groups excluding carboxylic acids is 1. The van der Waals surface area contributed by atoms with E-state index in [2.05, 4.69) is 42.5 Å².